The molecular weight excluding hydrogens is 529 g/mol. The van der Waals surface area contributed by atoms with Gasteiger partial charge in [-0.25, -0.2) is 4.79 Å². The van der Waals surface area contributed by atoms with E-state index in [1.165, 1.54) is 18.0 Å². The van der Waals surface area contributed by atoms with E-state index in [2.05, 4.69) is 5.32 Å². The zero-order valence-electron chi connectivity index (χ0n) is 17.8. The van der Waals surface area contributed by atoms with Crippen LogP contribution in [0.5, 0.6) is 0 Å². The van der Waals surface area contributed by atoms with Crippen LogP contribution in [0.3, 0.4) is 0 Å². The number of benzene rings is 2. The van der Waals surface area contributed by atoms with Crippen molar-refractivity contribution in [1.82, 2.24) is 10.2 Å². The SMILES string of the molecule is CCN(C)C(=O)NCc1ccc(C=CC(c2cc(Cl)c(Cl)c(Cl)c2)C(F)(F)F)cc1C(F)(F)F. The number of nitrogens with zero attached hydrogens (tertiary/aromatic N) is 1. The fourth-order valence-electron chi connectivity index (χ4n) is 2.94. The molecule has 0 bridgehead atoms. The van der Waals surface area contributed by atoms with Gasteiger partial charge in [0.15, 0.2) is 0 Å². The number of carbonyl (C=O) groups is 1. The maximum atomic E-state index is 13.7. The first kappa shape index (κ1) is 28.1. The monoisotopic (exact) mass is 546 g/mol. The second-order valence-electron chi connectivity index (χ2n) is 7.26. The molecule has 0 spiro atoms. The van der Waals surface area contributed by atoms with Crippen molar-refractivity contribution in [3.05, 3.63) is 73.7 Å². The van der Waals surface area contributed by atoms with E-state index < -0.39 is 36.4 Å². The molecule has 0 saturated carbocycles. The average molecular weight is 548 g/mol. The van der Waals surface area contributed by atoms with Gasteiger partial charge in [-0.05, 0) is 41.8 Å². The molecule has 0 heterocycles. The molecule has 0 aliphatic heterocycles. The van der Waals surface area contributed by atoms with Gasteiger partial charge in [-0.15, -0.1) is 0 Å². The second-order valence-corrected chi connectivity index (χ2v) is 8.46. The van der Waals surface area contributed by atoms with E-state index in [4.69, 9.17) is 34.8 Å². The van der Waals surface area contributed by atoms with Gasteiger partial charge >= 0.3 is 18.4 Å². The van der Waals surface area contributed by atoms with Crippen molar-refractivity contribution < 1.29 is 31.1 Å². The lowest BCUT2D eigenvalue weighted by Crippen LogP contribution is -2.36. The van der Waals surface area contributed by atoms with Gasteiger partial charge in [-0.2, -0.15) is 26.3 Å². The quantitative estimate of drug-likeness (QED) is 0.287. The molecule has 12 heteroatoms. The number of amides is 2. The van der Waals surface area contributed by atoms with Crippen molar-refractivity contribution in [3.8, 4) is 0 Å². The summed E-state index contributed by atoms with van der Waals surface area (Å²) in [7, 11) is 1.48. The van der Waals surface area contributed by atoms with Crippen LogP contribution in [-0.4, -0.2) is 30.7 Å². The molecule has 1 N–H and O–H groups in total. The van der Waals surface area contributed by atoms with E-state index >= 15 is 0 Å². The first-order chi connectivity index (χ1) is 15.6. The number of urea groups is 1. The minimum Gasteiger partial charge on any atom is -0.334 e. The Labute approximate surface area is 207 Å². The van der Waals surface area contributed by atoms with Crippen molar-refractivity contribution >= 4 is 46.9 Å². The van der Waals surface area contributed by atoms with Crippen molar-refractivity contribution in [1.29, 1.82) is 0 Å². The second kappa shape index (κ2) is 11.1. The maximum Gasteiger partial charge on any atom is 0.416 e. The van der Waals surface area contributed by atoms with Crippen LogP contribution in [0.15, 0.2) is 36.4 Å². The Balaban J connectivity index is 2.40. The third-order valence-electron chi connectivity index (χ3n) is 4.89. The molecular formula is C22H19Cl3F6N2O. The van der Waals surface area contributed by atoms with Gasteiger partial charge in [-0.1, -0.05) is 59.1 Å². The summed E-state index contributed by atoms with van der Waals surface area (Å²) in [5, 5.41) is 1.88. The van der Waals surface area contributed by atoms with Crippen LogP contribution in [0.1, 0.15) is 35.1 Å². The number of rotatable bonds is 6. The first-order valence-corrected chi connectivity index (χ1v) is 10.9. The van der Waals surface area contributed by atoms with Gasteiger partial charge in [0.1, 0.15) is 0 Å². The van der Waals surface area contributed by atoms with Crippen LogP contribution in [-0.2, 0) is 12.7 Å². The number of nitrogens with one attached hydrogen (secondary N) is 1. The lowest BCUT2D eigenvalue weighted by Gasteiger charge is -2.19. The van der Waals surface area contributed by atoms with Crippen molar-refractivity contribution in [2.24, 2.45) is 0 Å². The third-order valence-corrected chi connectivity index (χ3v) is 6.09. The Bertz CT molecular complexity index is 1050. The molecule has 0 radical (unpaired) electrons. The summed E-state index contributed by atoms with van der Waals surface area (Å²) in [5.74, 6) is -2.20. The number of hydrogen-bond acceptors (Lipinski definition) is 1. The van der Waals surface area contributed by atoms with Crippen LogP contribution in [0, 0.1) is 0 Å². The Morgan fingerprint density at radius 3 is 2.15 bits per heavy atom. The average Bonchev–Trinajstić information content (AvgIpc) is 2.73. The molecule has 34 heavy (non-hydrogen) atoms. The summed E-state index contributed by atoms with van der Waals surface area (Å²) >= 11 is 17.5. The molecule has 0 aliphatic carbocycles. The van der Waals surface area contributed by atoms with Gasteiger partial charge in [0.2, 0.25) is 0 Å². The highest BCUT2D eigenvalue weighted by Crippen LogP contribution is 2.41. The number of halogens is 9. The third kappa shape index (κ3) is 7.20. The van der Waals surface area contributed by atoms with E-state index in [1.807, 2.05) is 0 Å². The van der Waals surface area contributed by atoms with Crippen LogP contribution in [0.2, 0.25) is 15.1 Å². The summed E-state index contributed by atoms with van der Waals surface area (Å²) in [6.45, 7) is 1.64. The number of carbonyl (C=O) groups excluding carboxylic acids is 1. The van der Waals surface area contributed by atoms with E-state index in [9.17, 15) is 31.1 Å². The predicted molar refractivity (Wildman–Crippen MR) is 121 cm³/mol. The zero-order chi connectivity index (χ0) is 25.8. The number of hydrogen-bond donors (Lipinski definition) is 1. The van der Waals surface area contributed by atoms with Gasteiger partial charge in [0.25, 0.3) is 0 Å². The number of allylic oxidation sites excluding steroid dienone is 1. The maximum absolute atomic E-state index is 13.7. The molecule has 2 amide bonds. The minimum absolute atomic E-state index is 0.111. The molecule has 0 saturated heterocycles. The van der Waals surface area contributed by atoms with E-state index in [0.29, 0.717) is 12.6 Å². The fourth-order valence-corrected chi connectivity index (χ4v) is 3.55. The molecule has 0 aromatic heterocycles. The van der Waals surface area contributed by atoms with Gasteiger partial charge in [-0.3, -0.25) is 0 Å². The van der Waals surface area contributed by atoms with Crippen molar-refractivity contribution in [2.45, 2.75) is 31.7 Å². The highest BCUT2D eigenvalue weighted by Gasteiger charge is 2.39. The van der Waals surface area contributed by atoms with Gasteiger partial charge in [0, 0.05) is 20.1 Å². The standard InChI is InChI=1S/C22H19Cl3F6N2O/c1-3-33(2)20(34)32-11-13-6-4-12(8-16(13)22(29,30)31)5-7-15(21(26,27)28)14-9-17(23)19(25)18(24)10-14/h4-10,15H,3,11H2,1-2H3,(H,32,34). The molecule has 0 fully saturated rings. The van der Waals surface area contributed by atoms with E-state index in [-0.39, 0.29) is 31.8 Å². The molecule has 1 atom stereocenters. The van der Waals surface area contributed by atoms with E-state index in [1.54, 1.807) is 6.92 Å². The zero-order valence-corrected chi connectivity index (χ0v) is 20.1. The summed E-state index contributed by atoms with van der Waals surface area (Å²) in [6, 6.07) is 4.49. The lowest BCUT2D eigenvalue weighted by atomic mass is 9.96. The highest BCUT2D eigenvalue weighted by atomic mass is 35.5. The fraction of sp³-hybridized carbons (Fsp3) is 0.318. The van der Waals surface area contributed by atoms with E-state index in [0.717, 1.165) is 30.3 Å². The largest absolute Gasteiger partial charge is 0.416 e. The summed E-state index contributed by atoms with van der Waals surface area (Å²) < 4.78 is 81.8. The predicted octanol–water partition coefficient (Wildman–Crippen LogP) is 8.19. The Morgan fingerprint density at radius 2 is 1.65 bits per heavy atom. The Kier molecular flexibility index (Phi) is 9.18. The minimum atomic E-state index is -4.79. The normalized spacial score (nSPS) is 13.3. The lowest BCUT2D eigenvalue weighted by molar-refractivity contribution is -0.140. The molecule has 2 rings (SSSR count). The summed E-state index contributed by atoms with van der Waals surface area (Å²) in [4.78, 5) is 13.1. The Morgan fingerprint density at radius 1 is 1.06 bits per heavy atom. The van der Waals surface area contributed by atoms with Crippen LogP contribution in [0.4, 0.5) is 31.1 Å². The van der Waals surface area contributed by atoms with Crippen LogP contribution in [0.25, 0.3) is 6.08 Å². The highest BCUT2D eigenvalue weighted by molar-refractivity contribution is 6.48. The smallest absolute Gasteiger partial charge is 0.334 e. The van der Waals surface area contributed by atoms with Crippen LogP contribution < -0.4 is 5.32 Å². The summed E-state index contributed by atoms with van der Waals surface area (Å²) in [5.41, 5.74) is -1.74. The topological polar surface area (TPSA) is 32.3 Å². The Hall–Kier alpha value is -2.10. The molecule has 3 nitrogen and oxygen atoms in total. The molecule has 0 aliphatic rings. The molecule has 2 aromatic rings. The van der Waals surface area contributed by atoms with Crippen LogP contribution >= 0.6 is 34.8 Å². The number of alkyl halides is 6. The molecule has 186 valence electrons. The van der Waals surface area contributed by atoms with Gasteiger partial charge < -0.3 is 10.2 Å². The first-order valence-electron chi connectivity index (χ1n) is 9.73. The van der Waals surface area contributed by atoms with Crippen molar-refractivity contribution in [3.63, 3.8) is 0 Å². The van der Waals surface area contributed by atoms with Gasteiger partial charge in [0.05, 0.1) is 26.5 Å². The summed E-state index contributed by atoms with van der Waals surface area (Å²) in [6.07, 6.45) is -7.93. The van der Waals surface area contributed by atoms with Crippen molar-refractivity contribution in [2.75, 3.05) is 13.6 Å². The molecule has 1 unspecified atom stereocenters. The molecule has 2 aromatic carbocycles.